The maximum Gasteiger partial charge on any atom is 0.407 e. The smallest absolute Gasteiger partial charge is 0.407 e. The predicted octanol–water partition coefficient (Wildman–Crippen LogP) is 2.86. The van der Waals surface area contributed by atoms with E-state index in [1.165, 1.54) is 0 Å². The minimum atomic E-state index is -0.495. The lowest BCUT2D eigenvalue weighted by molar-refractivity contribution is 0.0507. The first-order valence-corrected chi connectivity index (χ1v) is 9.66. The van der Waals surface area contributed by atoms with Crippen LogP contribution >= 0.6 is 0 Å². The first-order chi connectivity index (χ1) is 12.7. The molecule has 0 aromatic carbocycles. The first-order valence-electron chi connectivity index (χ1n) is 9.66. The van der Waals surface area contributed by atoms with Crippen LogP contribution in [0, 0.1) is 0 Å². The van der Waals surface area contributed by atoms with Crippen molar-refractivity contribution in [3.05, 3.63) is 17.5 Å². The summed E-state index contributed by atoms with van der Waals surface area (Å²) in [5.41, 5.74) is 0.443. The van der Waals surface area contributed by atoms with Crippen LogP contribution in [0.5, 0.6) is 0 Å². The van der Waals surface area contributed by atoms with Crippen molar-refractivity contribution in [2.24, 2.45) is 4.99 Å². The van der Waals surface area contributed by atoms with Crippen molar-refractivity contribution in [1.82, 2.24) is 20.7 Å². The van der Waals surface area contributed by atoms with Crippen molar-refractivity contribution in [1.29, 1.82) is 0 Å². The average Bonchev–Trinajstić information content (AvgIpc) is 3.19. The fourth-order valence-corrected chi connectivity index (χ4v) is 2.80. The second-order valence-corrected chi connectivity index (χ2v) is 8.12. The highest BCUT2D eigenvalue weighted by atomic mass is 16.6. The Hall–Kier alpha value is -2.25. The second kappa shape index (κ2) is 9.10. The van der Waals surface area contributed by atoms with Gasteiger partial charge >= 0.3 is 6.09 Å². The second-order valence-electron chi connectivity index (χ2n) is 8.12. The first kappa shape index (κ1) is 21.1. The van der Waals surface area contributed by atoms with Gasteiger partial charge in [0, 0.05) is 25.7 Å². The van der Waals surface area contributed by atoms with Gasteiger partial charge in [-0.1, -0.05) is 19.0 Å². The molecule has 2 rings (SSSR count). The molecule has 1 atom stereocenters. The van der Waals surface area contributed by atoms with E-state index in [1.807, 2.05) is 33.8 Å². The molecule has 1 fully saturated rings. The van der Waals surface area contributed by atoms with E-state index in [0.29, 0.717) is 19.0 Å². The van der Waals surface area contributed by atoms with Crippen molar-refractivity contribution in [3.63, 3.8) is 0 Å². The summed E-state index contributed by atoms with van der Waals surface area (Å²) in [4.78, 5) is 18.8. The highest BCUT2D eigenvalue weighted by Crippen LogP contribution is 2.16. The maximum absolute atomic E-state index is 12.0. The molecule has 1 aliphatic rings. The third-order valence-electron chi connectivity index (χ3n) is 4.10. The molecule has 27 heavy (non-hydrogen) atoms. The molecule has 1 unspecified atom stereocenters. The van der Waals surface area contributed by atoms with E-state index in [4.69, 9.17) is 9.26 Å². The van der Waals surface area contributed by atoms with Gasteiger partial charge in [0.25, 0.3) is 0 Å². The number of nitrogens with one attached hydrogen (secondary N) is 2. The van der Waals surface area contributed by atoms with Gasteiger partial charge in [-0.05, 0) is 40.0 Å². The Kier molecular flexibility index (Phi) is 7.10. The van der Waals surface area contributed by atoms with Crippen LogP contribution in [0.25, 0.3) is 0 Å². The number of nitrogens with zero attached hydrogens (tertiary/aromatic N) is 3. The third-order valence-corrected chi connectivity index (χ3v) is 4.10. The van der Waals surface area contributed by atoms with Gasteiger partial charge in [0.2, 0.25) is 0 Å². The van der Waals surface area contributed by atoms with Crippen molar-refractivity contribution in [2.45, 2.75) is 72.1 Å². The monoisotopic (exact) mass is 379 g/mol. The van der Waals surface area contributed by atoms with Crippen molar-refractivity contribution < 1.29 is 14.1 Å². The summed E-state index contributed by atoms with van der Waals surface area (Å²) < 4.78 is 10.7. The zero-order valence-corrected chi connectivity index (χ0v) is 17.3. The lowest BCUT2D eigenvalue weighted by Gasteiger charge is -2.23. The molecule has 2 heterocycles. The minimum Gasteiger partial charge on any atom is -0.444 e. The van der Waals surface area contributed by atoms with Crippen LogP contribution in [0.2, 0.25) is 0 Å². The number of carbonyl (C=O) groups excluding carboxylic acids is 1. The number of hydrogen-bond acceptors (Lipinski definition) is 5. The summed E-state index contributed by atoms with van der Waals surface area (Å²) in [6.45, 7) is 14.5. The number of aliphatic imine (C=N–C) groups is 1. The Morgan fingerprint density at radius 1 is 1.48 bits per heavy atom. The van der Waals surface area contributed by atoms with E-state index < -0.39 is 5.60 Å². The fraction of sp³-hybridized carbons (Fsp3) is 0.737. The van der Waals surface area contributed by atoms with Crippen LogP contribution in [0.3, 0.4) is 0 Å². The number of hydrogen-bond donors (Lipinski definition) is 2. The quantitative estimate of drug-likeness (QED) is 0.604. The SMILES string of the molecule is CCNC(=NCc1cc(C(C)C)no1)N1CCC(NC(=O)OC(C)(C)C)C1. The van der Waals surface area contributed by atoms with Gasteiger partial charge < -0.3 is 24.8 Å². The number of likely N-dealkylation sites (tertiary alicyclic amines) is 1. The lowest BCUT2D eigenvalue weighted by atomic mass is 10.1. The maximum atomic E-state index is 12.0. The van der Waals surface area contributed by atoms with Gasteiger partial charge in [0.05, 0.1) is 11.7 Å². The summed E-state index contributed by atoms with van der Waals surface area (Å²) in [5.74, 6) is 1.89. The van der Waals surface area contributed by atoms with Crippen LogP contribution < -0.4 is 10.6 Å². The molecule has 1 aromatic heterocycles. The van der Waals surface area contributed by atoms with E-state index in [1.54, 1.807) is 0 Å². The molecule has 1 saturated heterocycles. The average molecular weight is 380 g/mol. The van der Waals surface area contributed by atoms with E-state index in [2.05, 4.69) is 39.5 Å². The van der Waals surface area contributed by atoms with Crippen molar-refractivity contribution >= 4 is 12.1 Å². The Balaban J connectivity index is 1.93. The largest absolute Gasteiger partial charge is 0.444 e. The van der Waals surface area contributed by atoms with Gasteiger partial charge in [-0.15, -0.1) is 0 Å². The van der Waals surface area contributed by atoms with Crippen molar-refractivity contribution in [2.75, 3.05) is 19.6 Å². The summed E-state index contributed by atoms with van der Waals surface area (Å²) in [6.07, 6.45) is 0.475. The van der Waals surface area contributed by atoms with Gasteiger partial charge in [0.15, 0.2) is 11.7 Å². The molecule has 1 aromatic rings. The zero-order valence-electron chi connectivity index (χ0n) is 17.3. The normalized spacial score (nSPS) is 18.1. The number of rotatable bonds is 5. The molecule has 1 aliphatic heterocycles. The predicted molar refractivity (Wildman–Crippen MR) is 105 cm³/mol. The molecular weight excluding hydrogens is 346 g/mol. The lowest BCUT2D eigenvalue weighted by Crippen LogP contribution is -2.44. The van der Waals surface area contributed by atoms with Crippen LogP contribution in [0.1, 0.15) is 65.3 Å². The Morgan fingerprint density at radius 3 is 2.81 bits per heavy atom. The Labute approximate surface area is 161 Å². The van der Waals surface area contributed by atoms with E-state index in [-0.39, 0.29) is 12.1 Å². The molecule has 0 spiro atoms. The molecule has 8 nitrogen and oxygen atoms in total. The molecule has 0 bridgehead atoms. The standard InChI is InChI=1S/C19H33N5O3/c1-7-20-17(21-11-15-10-16(13(2)3)23-27-15)24-9-8-14(12-24)22-18(25)26-19(4,5)6/h10,13-14H,7-9,11-12H2,1-6H3,(H,20,21)(H,22,25). The molecule has 0 aliphatic carbocycles. The van der Waals surface area contributed by atoms with Gasteiger partial charge in [-0.3, -0.25) is 0 Å². The Morgan fingerprint density at radius 2 is 2.22 bits per heavy atom. The Bertz CT molecular complexity index is 648. The molecule has 8 heteroatoms. The van der Waals surface area contributed by atoms with Gasteiger partial charge in [-0.25, -0.2) is 9.79 Å². The minimum absolute atomic E-state index is 0.0431. The summed E-state index contributed by atoms with van der Waals surface area (Å²) in [6, 6.07) is 2.00. The van der Waals surface area contributed by atoms with Crippen molar-refractivity contribution in [3.8, 4) is 0 Å². The number of guanidine groups is 1. The fourth-order valence-electron chi connectivity index (χ4n) is 2.80. The summed E-state index contributed by atoms with van der Waals surface area (Å²) >= 11 is 0. The highest BCUT2D eigenvalue weighted by molar-refractivity contribution is 5.80. The molecular formula is C19H33N5O3. The topological polar surface area (TPSA) is 92.0 Å². The van der Waals surface area contributed by atoms with Crippen LogP contribution in [0.4, 0.5) is 4.79 Å². The van der Waals surface area contributed by atoms with E-state index in [0.717, 1.165) is 36.9 Å². The van der Waals surface area contributed by atoms with Gasteiger partial charge in [0.1, 0.15) is 12.1 Å². The van der Waals surface area contributed by atoms with Gasteiger partial charge in [-0.2, -0.15) is 0 Å². The molecule has 2 N–H and O–H groups in total. The summed E-state index contributed by atoms with van der Waals surface area (Å²) in [5, 5.41) is 10.3. The number of ether oxygens (including phenoxy) is 1. The van der Waals surface area contributed by atoms with Crippen LogP contribution in [-0.2, 0) is 11.3 Å². The number of carbonyl (C=O) groups is 1. The van der Waals surface area contributed by atoms with Crippen LogP contribution in [0.15, 0.2) is 15.6 Å². The number of amides is 1. The molecule has 0 saturated carbocycles. The van der Waals surface area contributed by atoms with Crippen LogP contribution in [-0.4, -0.2) is 53.4 Å². The molecule has 0 radical (unpaired) electrons. The number of alkyl carbamates (subject to hydrolysis) is 1. The molecule has 152 valence electrons. The zero-order chi connectivity index (χ0) is 20.0. The third kappa shape index (κ3) is 6.77. The summed E-state index contributed by atoms with van der Waals surface area (Å²) in [7, 11) is 0. The molecule has 1 amide bonds. The van der Waals surface area contributed by atoms with E-state index >= 15 is 0 Å². The number of aromatic nitrogens is 1. The van der Waals surface area contributed by atoms with E-state index in [9.17, 15) is 4.79 Å². The highest BCUT2D eigenvalue weighted by Gasteiger charge is 2.27.